The van der Waals surface area contributed by atoms with Gasteiger partial charge in [-0.3, -0.25) is 4.79 Å². The third kappa shape index (κ3) is 2.01. The van der Waals surface area contributed by atoms with E-state index in [1.807, 2.05) is 0 Å². The van der Waals surface area contributed by atoms with Crippen LogP contribution in [0.25, 0.3) is 0 Å². The number of nitrogens with zero attached hydrogens (tertiary/aromatic N) is 1. The summed E-state index contributed by atoms with van der Waals surface area (Å²) in [5.41, 5.74) is 3.90. The maximum Gasteiger partial charge on any atom is 0.242 e. The monoisotopic (exact) mass is 222 g/mol. The van der Waals surface area contributed by atoms with Crippen molar-refractivity contribution in [2.24, 2.45) is 5.73 Å². The normalized spacial score (nSPS) is 33.8. The van der Waals surface area contributed by atoms with Crippen molar-refractivity contribution in [2.45, 2.75) is 37.4 Å². The molecule has 1 atom stereocenters. The van der Waals surface area contributed by atoms with Crippen LogP contribution in [0.4, 0.5) is 4.39 Å². The zero-order valence-electron chi connectivity index (χ0n) is 8.25. The summed E-state index contributed by atoms with van der Waals surface area (Å²) in [4.78, 5) is 13.2. The van der Waals surface area contributed by atoms with Crippen molar-refractivity contribution >= 4 is 18.3 Å². The first-order chi connectivity index (χ1) is 5.93. The standard InChI is InChI=1S/C9H15FN2O.ClH/c1-8(10)4-5-12(6-8)7(13)9(11)2-3-9;/h2-6,11H2,1H3;1H. The van der Waals surface area contributed by atoms with Crippen molar-refractivity contribution < 1.29 is 9.18 Å². The van der Waals surface area contributed by atoms with Crippen LogP contribution in [0.2, 0.25) is 0 Å². The first-order valence-electron chi connectivity index (χ1n) is 4.70. The van der Waals surface area contributed by atoms with Crippen molar-refractivity contribution in [1.82, 2.24) is 4.90 Å². The zero-order valence-corrected chi connectivity index (χ0v) is 9.07. The van der Waals surface area contributed by atoms with E-state index in [-0.39, 0.29) is 24.9 Å². The van der Waals surface area contributed by atoms with Gasteiger partial charge in [-0.15, -0.1) is 12.4 Å². The van der Waals surface area contributed by atoms with Crippen molar-refractivity contribution in [1.29, 1.82) is 0 Å². The molecule has 0 aromatic carbocycles. The molecular weight excluding hydrogens is 207 g/mol. The van der Waals surface area contributed by atoms with Crippen LogP contribution < -0.4 is 5.73 Å². The van der Waals surface area contributed by atoms with E-state index in [1.165, 1.54) is 6.92 Å². The SMILES string of the molecule is CC1(F)CCN(C(=O)C2(N)CC2)C1.Cl. The topological polar surface area (TPSA) is 46.3 Å². The van der Waals surface area contributed by atoms with Crippen molar-refractivity contribution in [3.63, 3.8) is 0 Å². The summed E-state index contributed by atoms with van der Waals surface area (Å²) >= 11 is 0. The number of carbonyl (C=O) groups is 1. The second-order valence-corrected chi connectivity index (χ2v) is 4.55. The Labute approximate surface area is 89.2 Å². The number of rotatable bonds is 1. The lowest BCUT2D eigenvalue weighted by Crippen LogP contribution is -2.45. The summed E-state index contributed by atoms with van der Waals surface area (Å²) in [6.45, 7) is 2.27. The lowest BCUT2D eigenvalue weighted by Gasteiger charge is -2.20. The molecular formula is C9H16ClFN2O. The lowest BCUT2D eigenvalue weighted by molar-refractivity contribution is -0.133. The molecule has 1 heterocycles. The maximum atomic E-state index is 13.4. The Morgan fingerprint density at radius 3 is 2.36 bits per heavy atom. The summed E-state index contributed by atoms with van der Waals surface area (Å²) in [5.74, 6) is -0.0612. The fourth-order valence-corrected chi connectivity index (χ4v) is 1.76. The fourth-order valence-electron chi connectivity index (χ4n) is 1.76. The van der Waals surface area contributed by atoms with Crippen molar-refractivity contribution in [3.8, 4) is 0 Å². The van der Waals surface area contributed by atoms with E-state index in [9.17, 15) is 9.18 Å². The highest BCUT2D eigenvalue weighted by Gasteiger charge is 2.50. The van der Waals surface area contributed by atoms with E-state index in [0.717, 1.165) is 12.8 Å². The summed E-state index contributed by atoms with van der Waals surface area (Å²) in [6, 6.07) is 0. The Morgan fingerprint density at radius 2 is 2.00 bits per heavy atom. The Hall–Kier alpha value is -0.350. The molecule has 1 unspecified atom stereocenters. The Balaban J connectivity index is 0.000000980. The number of amides is 1. The first-order valence-corrected chi connectivity index (χ1v) is 4.70. The van der Waals surface area contributed by atoms with Gasteiger partial charge in [-0.2, -0.15) is 0 Å². The first kappa shape index (κ1) is 11.7. The molecule has 2 N–H and O–H groups in total. The maximum absolute atomic E-state index is 13.4. The number of halogens is 2. The van der Waals surface area contributed by atoms with Gasteiger partial charge in [-0.25, -0.2) is 4.39 Å². The van der Waals surface area contributed by atoms with E-state index in [2.05, 4.69) is 0 Å². The van der Waals surface area contributed by atoms with Gasteiger partial charge in [0.2, 0.25) is 5.91 Å². The highest BCUT2D eigenvalue weighted by molar-refractivity contribution is 5.89. The van der Waals surface area contributed by atoms with Gasteiger partial charge in [0.15, 0.2) is 0 Å². The van der Waals surface area contributed by atoms with E-state index in [4.69, 9.17) is 5.73 Å². The zero-order chi connectivity index (χ0) is 9.69. The minimum Gasteiger partial charge on any atom is -0.338 e. The van der Waals surface area contributed by atoms with E-state index >= 15 is 0 Å². The molecule has 1 aliphatic heterocycles. The number of nitrogens with two attached hydrogens (primary N) is 1. The predicted molar refractivity (Wildman–Crippen MR) is 54.1 cm³/mol. The van der Waals surface area contributed by atoms with Crippen LogP contribution in [0.1, 0.15) is 26.2 Å². The summed E-state index contributed by atoms with van der Waals surface area (Å²) in [6.07, 6.45) is 1.95. The molecule has 14 heavy (non-hydrogen) atoms. The number of likely N-dealkylation sites (tertiary alicyclic amines) is 1. The molecule has 0 bridgehead atoms. The van der Waals surface area contributed by atoms with Crippen LogP contribution in [0, 0.1) is 0 Å². The van der Waals surface area contributed by atoms with Crippen molar-refractivity contribution in [2.75, 3.05) is 13.1 Å². The third-order valence-corrected chi connectivity index (χ3v) is 2.93. The summed E-state index contributed by atoms with van der Waals surface area (Å²) in [7, 11) is 0. The third-order valence-electron chi connectivity index (χ3n) is 2.93. The van der Waals surface area contributed by atoms with Gasteiger partial charge in [0, 0.05) is 13.0 Å². The van der Waals surface area contributed by atoms with Gasteiger partial charge in [0.05, 0.1) is 12.1 Å². The smallest absolute Gasteiger partial charge is 0.242 e. The highest BCUT2D eigenvalue weighted by Crippen LogP contribution is 2.36. The molecule has 5 heteroatoms. The largest absolute Gasteiger partial charge is 0.338 e. The van der Waals surface area contributed by atoms with Crippen LogP contribution in [0.15, 0.2) is 0 Å². The average Bonchev–Trinajstić information content (AvgIpc) is 2.67. The number of carbonyl (C=O) groups excluding carboxylic acids is 1. The van der Waals surface area contributed by atoms with Gasteiger partial charge < -0.3 is 10.6 Å². The highest BCUT2D eigenvalue weighted by atomic mass is 35.5. The van der Waals surface area contributed by atoms with Crippen LogP contribution in [0.3, 0.4) is 0 Å². The van der Waals surface area contributed by atoms with E-state index < -0.39 is 11.2 Å². The van der Waals surface area contributed by atoms with Crippen LogP contribution in [-0.4, -0.2) is 35.1 Å². The predicted octanol–water partition coefficient (Wildman–Crippen LogP) is 0.860. The second-order valence-electron chi connectivity index (χ2n) is 4.55. The minimum absolute atomic E-state index is 0. The lowest BCUT2D eigenvalue weighted by atomic mass is 10.1. The van der Waals surface area contributed by atoms with Gasteiger partial charge in [-0.1, -0.05) is 0 Å². The molecule has 0 aromatic rings. The number of hydrogen-bond acceptors (Lipinski definition) is 2. The molecule has 1 saturated carbocycles. The fraction of sp³-hybridized carbons (Fsp3) is 0.889. The molecule has 2 rings (SSSR count). The number of alkyl halides is 1. The molecule has 2 fully saturated rings. The number of hydrogen-bond donors (Lipinski definition) is 1. The molecule has 2 aliphatic rings. The minimum atomic E-state index is -1.21. The molecule has 82 valence electrons. The average molecular weight is 223 g/mol. The second kappa shape index (κ2) is 3.35. The molecule has 0 radical (unpaired) electrons. The molecule has 0 spiro atoms. The Bertz CT molecular complexity index is 253. The van der Waals surface area contributed by atoms with Crippen LogP contribution in [0.5, 0.6) is 0 Å². The van der Waals surface area contributed by atoms with E-state index in [1.54, 1.807) is 4.90 Å². The van der Waals surface area contributed by atoms with Gasteiger partial charge in [0.1, 0.15) is 5.67 Å². The Morgan fingerprint density at radius 1 is 1.43 bits per heavy atom. The molecule has 1 saturated heterocycles. The van der Waals surface area contributed by atoms with Crippen molar-refractivity contribution in [3.05, 3.63) is 0 Å². The van der Waals surface area contributed by atoms with Crippen LogP contribution >= 0.6 is 12.4 Å². The quantitative estimate of drug-likeness (QED) is 0.716. The summed E-state index contributed by atoms with van der Waals surface area (Å²) in [5, 5.41) is 0. The molecule has 3 nitrogen and oxygen atoms in total. The van der Waals surface area contributed by atoms with Gasteiger partial charge >= 0.3 is 0 Å². The Kier molecular flexibility index (Phi) is 2.80. The van der Waals surface area contributed by atoms with Crippen LogP contribution in [-0.2, 0) is 4.79 Å². The molecule has 1 amide bonds. The summed E-state index contributed by atoms with van der Waals surface area (Å²) < 4.78 is 13.4. The molecule has 1 aliphatic carbocycles. The van der Waals surface area contributed by atoms with Gasteiger partial charge in [-0.05, 0) is 19.8 Å². The molecule has 0 aromatic heterocycles. The van der Waals surface area contributed by atoms with E-state index in [0.29, 0.717) is 13.0 Å². The van der Waals surface area contributed by atoms with Gasteiger partial charge in [0.25, 0.3) is 0 Å².